The van der Waals surface area contributed by atoms with E-state index in [2.05, 4.69) is 0 Å². The first-order valence-corrected chi connectivity index (χ1v) is 6.15. The van der Waals surface area contributed by atoms with Crippen molar-refractivity contribution in [2.75, 3.05) is 0 Å². The van der Waals surface area contributed by atoms with Crippen molar-refractivity contribution in [3.05, 3.63) is 0 Å². The van der Waals surface area contributed by atoms with E-state index in [1.165, 1.54) is 0 Å². The van der Waals surface area contributed by atoms with E-state index in [1.54, 1.807) is 0 Å². The molecule has 0 aliphatic rings. The van der Waals surface area contributed by atoms with Gasteiger partial charge in [0.1, 0.15) is 0 Å². The highest BCUT2D eigenvalue weighted by Crippen LogP contribution is 2.03. The molecule has 0 aromatic carbocycles. The average molecular weight is 172 g/mol. The fraction of sp³-hybridized carbons (Fsp3) is 1.00. The normalized spacial score (nSPS) is 14.0. The molecule has 0 unspecified atom stereocenters. The van der Waals surface area contributed by atoms with Crippen molar-refractivity contribution in [1.82, 2.24) is 0 Å². The summed E-state index contributed by atoms with van der Waals surface area (Å²) in [5.74, 6) is 0. The van der Waals surface area contributed by atoms with Gasteiger partial charge in [0, 0.05) is 0 Å². The van der Waals surface area contributed by atoms with Crippen molar-refractivity contribution in [3.63, 3.8) is 0 Å². The summed E-state index contributed by atoms with van der Waals surface area (Å²) < 4.78 is 0. The average Bonchev–Trinajstić information content (AvgIpc) is 1.14. The highest BCUT2D eigenvalue weighted by Gasteiger charge is 2.42. The second-order valence-electron chi connectivity index (χ2n) is 1.73. The minimum absolute atomic E-state index is 1.10. The summed E-state index contributed by atoms with van der Waals surface area (Å²) in [4.78, 5) is 48.9. The zero-order chi connectivity index (χ0) is 7.71. The molecule has 6 N–H and O–H groups in total. The standard InChI is InChI=1S/CH8O6Si2/c2-8(3,4)1-9(5,6)7/h2-7H,1H2. The molecule has 0 spiro atoms. The number of hydrogen-bond donors (Lipinski definition) is 6. The Morgan fingerprint density at radius 1 is 0.667 bits per heavy atom. The van der Waals surface area contributed by atoms with E-state index in [9.17, 15) is 0 Å². The smallest absolute Gasteiger partial charge is 0.390 e. The van der Waals surface area contributed by atoms with Crippen molar-refractivity contribution in [1.29, 1.82) is 0 Å². The summed E-state index contributed by atoms with van der Waals surface area (Å²) in [5.41, 5.74) is -1.10. The van der Waals surface area contributed by atoms with E-state index in [4.69, 9.17) is 28.8 Å². The largest absolute Gasteiger partial charge is 0.497 e. The summed E-state index contributed by atoms with van der Waals surface area (Å²) in [6, 6.07) is 0. The number of hydrogen-bond acceptors (Lipinski definition) is 6. The third-order valence-electron chi connectivity index (χ3n) is 0.474. The van der Waals surface area contributed by atoms with Crippen molar-refractivity contribution in [3.8, 4) is 0 Å². The minimum Gasteiger partial charge on any atom is -0.390 e. The second-order valence-corrected chi connectivity index (χ2v) is 6.24. The molecule has 0 radical (unpaired) electrons. The van der Waals surface area contributed by atoms with Crippen molar-refractivity contribution >= 4 is 17.6 Å². The maximum atomic E-state index is 8.16. The maximum absolute atomic E-state index is 8.16. The monoisotopic (exact) mass is 172 g/mol. The first-order chi connectivity index (χ1) is 3.71. The van der Waals surface area contributed by atoms with Gasteiger partial charge in [-0.1, -0.05) is 0 Å². The molecule has 8 heteroatoms. The third kappa shape index (κ3) is 8.19. The Bertz CT molecular complexity index is 76.2. The topological polar surface area (TPSA) is 121 Å². The highest BCUT2D eigenvalue weighted by atomic mass is 28.5. The van der Waals surface area contributed by atoms with Gasteiger partial charge in [0.25, 0.3) is 0 Å². The molecule has 0 fully saturated rings. The lowest BCUT2D eigenvalue weighted by Gasteiger charge is -2.13. The Labute approximate surface area is 53.0 Å². The molecular formula is CH8O6Si2. The van der Waals surface area contributed by atoms with Crippen LogP contribution in [0.3, 0.4) is 0 Å². The van der Waals surface area contributed by atoms with Crippen LogP contribution in [0.2, 0.25) is 5.67 Å². The molecule has 9 heavy (non-hydrogen) atoms. The molecule has 0 saturated heterocycles. The van der Waals surface area contributed by atoms with Crippen LogP contribution in [0.5, 0.6) is 0 Å². The van der Waals surface area contributed by atoms with Gasteiger partial charge in [0.2, 0.25) is 0 Å². The second kappa shape index (κ2) is 2.44. The summed E-state index contributed by atoms with van der Waals surface area (Å²) in [5, 5.41) is 0. The molecule has 0 rings (SSSR count). The van der Waals surface area contributed by atoms with Crippen molar-refractivity contribution < 1.29 is 28.8 Å². The quantitative estimate of drug-likeness (QED) is 0.239. The van der Waals surface area contributed by atoms with Gasteiger partial charge in [-0.25, -0.2) is 0 Å². The third-order valence-corrected chi connectivity index (χ3v) is 4.27. The van der Waals surface area contributed by atoms with Gasteiger partial charge in [-0.3, -0.25) is 0 Å². The van der Waals surface area contributed by atoms with E-state index in [1.807, 2.05) is 0 Å². The van der Waals surface area contributed by atoms with E-state index < -0.39 is 23.3 Å². The first kappa shape index (κ1) is 9.19. The lowest BCUT2D eigenvalue weighted by molar-refractivity contribution is 0.198. The summed E-state index contributed by atoms with van der Waals surface area (Å²) in [6.45, 7) is 0. The van der Waals surface area contributed by atoms with Crippen LogP contribution < -0.4 is 0 Å². The molecule has 0 aliphatic heterocycles. The minimum atomic E-state index is -4.48. The molecule has 0 amide bonds. The van der Waals surface area contributed by atoms with E-state index in [0.29, 0.717) is 0 Å². The van der Waals surface area contributed by atoms with Crippen LogP contribution in [0.25, 0.3) is 0 Å². The fourth-order valence-electron chi connectivity index (χ4n) is 0.318. The Morgan fingerprint density at radius 3 is 0.889 bits per heavy atom. The van der Waals surface area contributed by atoms with Crippen LogP contribution in [-0.2, 0) is 0 Å². The molecule has 56 valence electrons. The van der Waals surface area contributed by atoms with E-state index in [-0.39, 0.29) is 0 Å². The predicted octanol–water partition coefficient (Wildman–Crippen LogP) is -3.64. The first-order valence-electron chi connectivity index (χ1n) is 2.05. The predicted molar refractivity (Wildman–Crippen MR) is 29.6 cm³/mol. The van der Waals surface area contributed by atoms with Crippen LogP contribution in [0.15, 0.2) is 0 Å². The van der Waals surface area contributed by atoms with Crippen molar-refractivity contribution in [2.45, 2.75) is 5.67 Å². The van der Waals surface area contributed by atoms with Gasteiger partial charge < -0.3 is 28.8 Å². The van der Waals surface area contributed by atoms with Crippen LogP contribution in [-0.4, -0.2) is 46.4 Å². The SMILES string of the molecule is O[Si](O)(O)C[Si](O)(O)O. The summed E-state index contributed by atoms with van der Waals surface area (Å²) in [7, 11) is -8.96. The van der Waals surface area contributed by atoms with Crippen LogP contribution in [0.1, 0.15) is 0 Å². The lowest BCUT2D eigenvalue weighted by Crippen LogP contribution is -2.48. The van der Waals surface area contributed by atoms with Crippen molar-refractivity contribution in [2.24, 2.45) is 0 Å². The molecule has 0 atom stereocenters. The van der Waals surface area contributed by atoms with Gasteiger partial charge in [-0.15, -0.1) is 0 Å². The molecule has 0 aliphatic carbocycles. The Balaban J connectivity index is 3.75. The molecule has 0 saturated carbocycles. The van der Waals surface area contributed by atoms with Gasteiger partial charge in [-0.2, -0.15) is 0 Å². The van der Waals surface area contributed by atoms with Crippen LogP contribution in [0.4, 0.5) is 0 Å². The van der Waals surface area contributed by atoms with Gasteiger partial charge in [0.15, 0.2) is 0 Å². The molecular weight excluding hydrogens is 164 g/mol. The fourth-order valence-corrected chi connectivity index (χ4v) is 2.86. The Hall–Kier alpha value is 0.194. The number of rotatable bonds is 2. The van der Waals surface area contributed by atoms with E-state index in [0.717, 1.165) is 0 Å². The molecule has 0 heterocycles. The maximum Gasteiger partial charge on any atom is 0.497 e. The van der Waals surface area contributed by atoms with Gasteiger partial charge in [0.05, 0.1) is 5.67 Å². The molecule has 0 aromatic rings. The molecule has 0 bridgehead atoms. The zero-order valence-electron chi connectivity index (χ0n) is 4.39. The molecule has 6 nitrogen and oxygen atoms in total. The van der Waals surface area contributed by atoms with Crippen LogP contribution >= 0.6 is 0 Å². The van der Waals surface area contributed by atoms with Gasteiger partial charge in [-0.05, 0) is 0 Å². The summed E-state index contributed by atoms with van der Waals surface area (Å²) >= 11 is 0. The summed E-state index contributed by atoms with van der Waals surface area (Å²) in [6.07, 6.45) is 0. The zero-order valence-corrected chi connectivity index (χ0v) is 6.39. The van der Waals surface area contributed by atoms with Gasteiger partial charge >= 0.3 is 17.6 Å². The Kier molecular flexibility index (Phi) is 2.49. The van der Waals surface area contributed by atoms with Crippen LogP contribution in [0, 0.1) is 0 Å². The lowest BCUT2D eigenvalue weighted by atomic mass is 11.9. The van der Waals surface area contributed by atoms with E-state index >= 15 is 0 Å². The Morgan fingerprint density at radius 2 is 0.889 bits per heavy atom. The molecule has 0 aromatic heterocycles. The highest BCUT2D eigenvalue weighted by molar-refractivity contribution is 6.76.